The van der Waals surface area contributed by atoms with Gasteiger partial charge in [-0.05, 0) is 30.2 Å². The summed E-state index contributed by atoms with van der Waals surface area (Å²) in [6.07, 6.45) is 3.37. The molecule has 0 aromatic heterocycles. The smallest absolute Gasteiger partial charge is 0.185 e. The average molecular weight is 257 g/mol. The van der Waals surface area contributed by atoms with E-state index >= 15 is 0 Å². The van der Waals surface area contributed by atoms with Crippen LogP contribution >= 0.6 is 11.6 Å². The number of hydrogen-bond acceptors (Lipinski definition) is 1. The standard InChI is InChI=1S/C16H13ClO/c1-12-7-9-14(11-15(12)17)16(18)10-8-13-5-3-2-4-6-13/h2-11H,1H3/b10-8+. The molecule has 0 unspecified atom stereocenters. The second-order valence-electron chi connectivity index (χ2n) is 4.07. The molecule has 90 valence electrons. The molecule has 2 aromatic rings. The van der Waals surface area contributed by atoms with Crippen LogP contribution in [0.15, 0.2) is 54.6 Å². The van der Waals surface area contributed by atoms with Crippen LogP contribution in [0.2, 0.25) is 5.02 Å². The summed E-state index contributed by atoms with van der Waals surface area (Å²) in [5.41, 5.74) is 2.59. The highest BCUT2D eigenvalue weighted by molar-refractivity contribution is 6.31. The molecule has 0 bridgehead atoms. The van der Waals surface area contributed by atoms with Gasteiger partial charge in [0.25, 0.3) is 0 Å². The number of allylic oxidation sites excluding steroid dienone is 1. The number of aryl methyl sites for hydroxylation is 1. The van der Waals surface area contributed by atoms with Crippen molar-refractivity contribution in [2.24, 2.45) is 0 Å². The van der Waals surface area contributed by atoms with Gasteiger partial charge in [0.15, 0.2) is 5.78 Å². The molecule has 0 N–H and O–H groups in total. The van der Waals surface area contributed by atoms with E-state index < -0.39 is 0 Å². The van der Waals surface area contributed by atoms with Gasteiger partial charge in [0.05, 0.1) is 0 Å². The lowest BCUT2D eigenvalue weighted by Gasteiger charge is -2.00. The van der Waals surface area contributed by atoms with Crippen LogP contribution in [0.25, 0.3) is 6.08 Å². The van der Waals surface area contributed by atoms with Crippen LogP contribution in [0.1, 0.15) is 21.5 Å². The van der Waals surface area contributed by atoms with Gasteiger partial charge in [-0.1, -0.05) is 60.1 Å². The first-order valence-corrected chi connectivity index (χ1v) is 6.08. The zero-order valence-corrected chi connectivity index (χ0v) is 10.8. The van der Waals surface area contributed by atoms with Crippen molar-refractivity contribution in [1.82, 2.24) is 0 Å². The maximum Gasteiger partial charge on any atom is 0.185 e. The minimum absolute atomic E-state index is 0.0410. The van der Waals surface area contributed by atoms with Crippen LogP contribution in [-0.2, 0) is 0 Å². The van der Waals surface area contributed by atoms with E-state index in [9.17, 15) is 4.79 Å². The summed E-state index contributed by atoms with van der Waals surface area (Å²) in [4.78, 5) is 11.9. The van der Waals surface area contributed by atoms with Crippen LogP contribution in [0.5, 0.6) is 0 Å². The lowest BCUT2D eigenvalue weighted by atomic mass is 10.1. The van der Waals surface area contributed by atoms with E-state index in [1.165, 1.54) is 0 Å². The van der Waals surface area contributed by atoms with Gasteiger partial charge in [0, 0.05) is 10.6 Å². The van der Waals surface area contributed by atoms with Crippen LogP contribution in [0.4, 0.5) is 0 Å². The van der Waals surface area contributed by atoms with Crippen molar-refractivity contribution in [1.29, 1.82) is 0 Å². The molecule has 18 heavy (non-hydrogen) atoms. The molecule has 0 fully saturated rings. The van der Waals surface area contributed by atoms with Crippen molar-refractivity contribution in [3.8, 4) is 0 Å². The Kier molecular flexibility index (Phi) is 3.96. The van der Waals surface area contributed by atoms with E-state index in [1.807, 2.05) is 43.3 Å². The van der Waals surface area contributed by atoms with Crippen molar-refractivity contribution < 1.29 is 4.79 Å². The molecular weight excluding hydrogens is 244 g/mol. The molecular formula is C16H13ClO. The van der Waals surface area contributed by atoms with Crippen molar-refractivity contribution >= 4 is 23.5 Å². The van der Waals surface area contributed by atoms with Gasteiger partial charge in [0.1, 0.15) is 0 Å². The molecule has 0 spiro atoms. The number of benzene rings is 2. The summed E-state index contributed by atoms with van der Waals surface area (Å²) in [6, 6.07) is 15.1. The SMILES string of the molecule is Cc1ccc(C(=O)/C=C/c2ccccc2)cc1Cl. The monoisotopic (exact) mass is 256 g/mol. The summed E-state index contributed by atoms with van der Waals surface area (Å²) >= 11 is 6.00. The summed E-state index contributed by atoms with van der Waals surface area (Å²) in [7, 11) is 0. The quantitative estimate of drug-likeness (QED) is 0.582. The van der Waals surface area contributed by atoms with Gasteiger partial charge in [-0.2, -0.15) is 0 Å². The first-order valence-electron chi connectivity index (χ1n) is 5.70. The zero-order valence-electron chi connectivity index (χ0n) is 10.1. The minimum atomic E-state index is -0.0410. The maximum absolute atomic E-state index is 11.9. The van der Waals surface area contributed by atoms with Crippen LogP contribution in [0.3, 0.4) is 0 Å². The second kappa shape index (κ2) is 5.65. The fraction of sp³-hybridized carbons (Fsp3) is 0.0625. The first-order chi connectivity index (χ1) is 8.66. The van der Waals surface area contributed by atoms with Gasteiger partial charge < -0.3 is 0 Å². The van der Waals surface area contributed by atoms with E-state index in [4.69, 9.17) is 11.6 Å². The Hall–Kier alpha value is -1.86. The summed E-state index contributed by atoms with van der Waals surface area (Å²) in [5, 5.41) is 0.619. The minimum Gasteiger partial charge on any atom is -0.289 e. The van der Waals surface area contributed by atoms with E-state index in [-0.39, 0.29) is 5.78 Å². The third-order valence-electron chi connectivity index (χ3n) is 2.68. The molecule has 0 aliphatic heterocycles. The number of hydrogen-bond donors (Lipinski definition) is 0. The Labute approximate surface area is 112 Å². The summed E-state index contributed by atoms with van der Waals surface area (Å²) in [6.45, 7) is 1.91. The van der Waals surface area contributed by atoms with Crippen molar-refractivity contribution in [2.75, 3.05) is 0 Å². The van der Waals surface area contributed by atoms with Gasteiger partial charge >= 0.3 is 0 Å². The predicted octanol–water partition coefficient (Wildman–Crippen LogP) is 4.54. The van der Waals surface area contributed by atoms with Gasteiger partial charge in [-0.3, -0.25) is 4.79 Å². The van der Waals surface area contributed by atoms with Crippen LogP contribution in [-0.4, -0.2) is 5.78 Å². The molecule has 2 heteroatoms. The number of halogens is 1. The normalized spacial score (nSPS) is 10.8. The number of rotatable bonds is 3. The van der Waals surface area contributed by atoms with Crippen LogP contribution < -0.4 is 0 Å². The van der Waals surface area contributed by atoms with E-state index in [0.29, 0.717) is 10.6 Å². The number of carbonyl (C=O) groups is 1. The Morgan fingerprint density at radius 1 is 1.11 bits per heavy atom. The first kappa shape index (κ1) is 12.6. The molecule has 0 aliphatic carbocycles. The highest BCUT2D eigenvalue weighted by Gasteiger charge is 2.03. The molecule has 0 aliphatic rings. The molecule has 2 rings (SSSR count). The zero-order chi connectivity index (χ0) is 13.0. The third kappa shape index (κ3) is 3.08. The molecule has 0 heterocycles. The van der Waals surface area contributed by atoms with Gasteiger partial charge in [-0.25, -0.2) is 0 Å². The van der Waals surface area contributed by atoms with Gasteiger partial charge in [0.2, 0.25) is 0 Å². The maximum atomic E-state index is 11.9. The molecule has 0 atom stereocenters. The molecule has 0 saturated heterocycles. The summed E-state index contributed by atoms with van der Waals surface area (Å²) in [5.74, 6) is -0.0410. The Bertz CT molecular complexity index is 585. The Balaban J connectivity index is 2.17. The number of ketones is 1. The fourth-order valence-corrected chi connectivity index (χ4v) is 1.76. The fourth-order valence-electron chi connectivity index (χ4n) is 1.58. The molecule has 0 saturated carbocycles. The highest BCUT2D eigenvalue weighted by Crippen LogP contribution is 2.17. The largest absolute Gasteiger partial charge is 0.289 e. The van der Waals surface area contributed by atoms with Crippen molar-refractivity contribution in [3.05, 3.63) is 76.3 Å². The lowest BCUT2D eigenvalue weighted by Crippen LogP contribution is -1.94. The Morgan fingerprint density at radius 2 is 1.83 bits per heavy atom. The average Bonchev–Trinajstić information content (AvgIpc) is 2.40. The molecule has 2 aromatic carbocycles. The number of carbonyl (C=O) groups excluding carboxylic acids is 1. The highest BCUT2D eigenvalue weighted by atomic mass is 35.5. The van der Waals surface area contributed by atoms with Gasteiger partial charge in [-0.15, -0.1) is 0 Å². The Morgan fingerprint density at radius 3 is 2.50 bits per heavy atom. The third-order valence-corrected chi connectivity index (χ3v) is 3.09. The van der Waals surface area contributed by atoms with E-state index in [2.05, 4.69) is 0 Å². The van der Waals surface area contributed by atoms with E-state index in [0.717, 1.165) is 11.1 Å². The lowest BCUT2D eigenvalue weighted by molar-refractivity contribution is 0.104. The van der Waals surface area contributed by atoms with E-state index in [1.54, 1.807) is 24.3 Å². The molecule has 0 radical (unpaired) electrons. The predicted molar refractivity (Wildman–Crippen MR) is 76.0 cm³/mol. The van der Waals surface area contributed by atoms with Crippen LogP contribution in [0, 0.1) is 6.92 Å². The topological polar surface area (TPSA) is 17.1 Å². The van der Waals surface area contributed by atoms with Crippen molar-refractivity contribution in [3.63, 3.8) is 0 Å². The van der Waals surface area contributed by atoms with Crippen molar-refractivity contribution in [2.45, 2.75) is 6.92 Å². The molecule has 0 amide bonds. The second-order valence-corrected chi connectivity index (χ2v) is 4.48. The summed E-state index contributed by atoms with van der Waals surface area (Å²) < 4.78 is 0. The molecule has 1 nitrogen and oxygen atoms in total.